The summed E-state index contributed by atoms with van der Waals surface area (Å²) in [6.07, 6.45) is 1.56. The van der Waals surface area contributed by atoms with Crippen LogP contribution in [0.3, 0.4) is 0 Å². The fourth-order valence-electron chi connectivity index (χ4n) is 4.37. The minimum atomic E-state index is -0.0580. The highest BCUT2D eigenvalue weighted by atomic mass is 16.5. The minimum Gasteiger partial charge on any atom is -0.483 e. The number of benzene rings is 3. The maximum Gasteiger partial charge on any atom is 0.253 e. The predicted octanol–water partition coefficient (Wildman–Crippen LogP) is 4.80. The lowest BCUT2D eigenvalue weighted by Gasteiger charge is -2.29. The largest absolute Gasteiger partial charge is 0.483 e. The lowest BCUT2D eigenvalue weighted by atomic mass is 9.92. The van der Waals surface area contributed by atoms with Crippen LogP contribution in [0.1, 0.15) is 39.8 Å². The first-order chi connectivity index (χ1) is 14.4. The summed E-state index contributed by atoms with van der Waals surface area (Å²) in [6.45, 7) is 1.98. The molecule has 0 radical (unpaired) electrons. The first-order valence-electron chi connectivity index (χ1n) is 10.3. The van der Waals surface area contributed by atoms with Gasteiger partial charge in [0.15, 0.2) is 5.75 Å². The molecule has 30 heavy (non-hydrogen) atoms. The monoisotopic (exact) mass is 399 g/mol. The topological polar surface area (TPSA) is 47.4 Å². The molecule has 1 aromatic heterocycles. The van der Waals surface area contributed by atoms with E-state index in [2.05, 4.69) is 42.5 Å². The number of carbonyl (C=O) groups excluding carboxylic acids is 1. The van der Waals surface area contributed by atoms with Crippen molar-refractivity contribution in [3.05, 3.63) is 71.0 Å². The van der Waals surface area contributed by atoms with E-state index in [1.165, 1.54) is 10.8 Å². The fraction of sp³-hybridized carbons (Fsp3) is 0.280. The van der Waals surface area contributed by atoms with Crippen molar-refractivity contribution in [2.45, 2.75) is 25.9 Å². The van der Waals surface area contributed by atoms with Gasteiger partial charge in [0, 0.05) is 32.3 Å². The number of amides is 1. The summed E-state index contributed by atoms with van der Waals surface area (Å²) in [5, 5.41) is 2.43. The van der Waals surface area contributed by atoms with Crippen LogP contribution >= 0.6 is 0 Å². The van der Waals surface area contributed by atoms with Crippen LogP contribution in [0.15, 0.2) is 48.5 Å². The number of rotatable bonds is 2. The lowest BCUT2D eigenvalue weighted by molar-refractivity contribution is 0.0823. The van der Waals surface area contributed by atoms with Crippen LogP contribution in [0.4, 0.5) is 0 Å². The molecule has 4 aromatic rings. The highest BCUT2D eigenvalue weighted by Gasteiger charge is 2.30. The molecule has 152 valence electrons. The summed E-state index contributed by atoms with van der Waals surface area (Å²) in [6, 6.07) is 16.8. The highest BCUT2D eigenvalue weighted by molar-refractivity contribution is 6.01. The summed E-state index contributed by atoms with van der Waals surface area (Å²) in [4.78, 5) is 19.3. The number of aromatic nitrogens is 2. The normalized spacial score (nSPS) is 15.8. The molecular formula is C25H25N3O2. The number of aryl methyl sites for hydroxylation is 2. The second-order valence-electron chi connectivity index (χ2n) is 8.27. The highest BCUT2D eigenvalue weighted by Crippen LogP contribution is 2.42. The van der Waals surface area contributed by atoms with E-state index in [1.54, 1.807) is 19.0 Å². The summed E-state index contributed by atoms with van der Waals surface area (Å²) in [7, 11) is 5.55. The minimum absolute atomic E-state index is 0.000224. The summed E-state index contributed by atoms with van der Waals surface area (Å²) < 4.78 is 8.59. The number of fused-ring (bicyclic) bond motifs is 4. The zero-order valence-corrected chi connectivity index (χ0v) is 17.8. The van der Waals surface area contributed by atoms with Crippen LogP contribution in [-0.4, -0.2) is 34.5 Å². The Morgan fingerprint density at radius 2 is 1.90 bits per heavy atom. The molecule has 2 heterocycles. The molecule has 5 rings (SSSR count). The maximum absolute atomic E-state index is 12.9. The molecule has 1 atom stereocenters. The van der Waals surface area contributed by atoms with Gasteiger partial charge in [-0.1, -0.05) is 36.4 Å². The quantitative estimate of drug-likeness (QED) is 0.486. The van der Waals surface area contributed by atoms with E-state index in [4.69, 9.17) is 9.72 Å². The van der Waals surface area contributed by atoms with Crippen LogP contribution < -0.4 is 4.74 Å². The molecule has 0 N–H and O–H groups in total. The number of hydrogen-bond donors (Lipinski definition) is 0. The maximum atomic E-state index is 12.9. The number of carbonyl (C=O) groups is 1. The molecule has 0 unspecified atom stereocenters. The van der Waals surface area contributed by atoms with Crippen molar-refractivity contribution in [1.82, 2.24) is 14.5 Å². The van der Waals surface area contributed by atoms with Crippen LogP contribution in [0.2, 0.25) is 0 Å². The van der Waals surface area contributed by atoms with Gasteiger partial charge >= 0.3 is 0 Å². The molecule has 0 saturated carbocycles. The number of imidazole rings is 1. The van der Waals surface area contributed by atoms with E-state index in [0.717, 1.165) is 46.6 Å². The standard InChI is InChI=1S/C25H25N3O2/c1-15-26-23-21(28(15)4)14-20(25(29)27(2)3)19-11-12-22(30-24(19)23)18-10-9-16-7-5-6-8-17(16)13-18/h5-10,13-14,22H,11-12H2,1-4H3/t22-/m0/s1. The van der Waals surface area contributed by atoms with Crippen molar-refractivity contribution in [3.8, 4) is 5.75 Å². The number of ether oxygens (including phenoxy) is 1. The molecule has 5 nitrogen and oxygen atoms in total. The summed E-state index contributed by atoms with van der Waals surface area (Å²) >= 11 is 0. The number of nitrogens with zero attached hydrogens (tertiary/aromatic N) is 3. The van der Waals surface area contributed by atoms with Gasteiger partial charge in [0.05, 0.1) is 5.52 Å². The van der Waals surface area contributed by atoms with Crippen LogP contribution in [-0.2, 0) is 13.5 Å². The molecule has 1 aliphatic rings. The van der Waals surface area contributed by atoms with Crippen LogP contribution in [0, 0.1) is 6.92 Å². The van der Waals surface area contributed by atoms with E-state index >= 15 is 0 Å². The number of hydrogen-bond acceptors (Lipinski definition) is 3. The Hall–Kier alpha value is -3.34. The fourth-order valence-corrected chi connectivity index (χ4v) is 4.37. The Labute approximate surface area is 175 Å². The van der Waals surface area contributed by atoms with E-state index in [0.29, 0.717) is 5.56 Å². The molecule has 0 bridgehead atoms. The summed E-state index contributed by atoms with van der Waals surface area (Å²) in [5.41, 5.74) is 4.60. The average molecular weight is 399 g/mol. The zero-order valence-electron chi connectivity index (χ0n) is 17.8. The first kappa shape index (κ1) is 18.7. The van der Waals surface area contributed by atoms with E-state index in [9.17, 15) is 4.79 Å². The Morgan fingerprint density at radius 1 is 1.13 bits per heavy atom. The van der Waals surface area contributed by atoms with Gasteiger partial charge in [0.25, 0.3) is 5.91 Å². The van der Waals surface area contributed by atoms with Gasteiger partial charge in [-0.2, -0.15) is 0 Å². The molecule has 0 aliphatic carbocycles. The molecule has 1 aliphatic heterocycles. The van der Waals surface area contributed by atoms with Gasteiger partial charge in [-0.15, -0.1) is 0 Å². The van der Waals surface area contributed by atoms with Crippen molar-refractivity contribution < 1.29 is 9.53 Å². The molecule has 3 aromatic carbocycles. The third-order valence-corrected chi connectivity index (χ3v) is 6.16. The smallest absolute Gasteiger partial charge is 0.253 e. The summed E-state index contributed by atoms with van der Waals surface area (Å²) in [5.74, 6) is 1.66. The van der Waals surface area contributed by atoms with Crippen molar-refractivity contribution in [2.75, 3.05) is 14.1 Å². The molecular weight excluding hydrogens is 374 g/mol. The van der Waals surface area contributed by atoms with Crippen LogP contribution in [0.25, 0.3) is 21.8 Å². The Morgan fingerprint density at radius 3 is 2.67 bits per heavy atom. The van der Waals surface area contributed by atoms with E-state index in [1.807, 2.05) is 24.6 Å². The molecule has 0 spiro atoms. The Balaban J connectivity index is 1.65. The first-order valence-corrected chi connectivity index (χ1v) is 10.3. The second kappa shape index (κ2) is 6.87. The SMILES string of the molecule is Cc1nc2c3c(c(C(=O)N(C)C)cc2n1C)CC[C@@H](c1ccc2ccccc2c1)O3. The van der Waals surface area contributed by atoms with Crippen molar-refractivity contribution in [2.24, 2.45) is 7.05 Å². The molecule has 0 fully saturated rings. The lowest BCUT2D eigenvalue weighted by Crippen LogP contribution is -2.25. The predicted molar refractivity (Wildman–Crippen MR) is 119 cm³/mol. The Bertz CT molecular complexity index is 1300. The Kier molecular flexibility index (Phi) is 4.28. The van der Waals surface area contributed by atoms with Crippen LogP contribution in [0.5, 0.6) is 5.75 Å². The van der Waals surface area contributed by atoms with Gasteiger partial charge in [0.1, 0.15) is 17.4 Å². The second-order valence-corrected chi connectivity index (χ2v) is 8.27. The van der Waals surface area contributed by atoms with Gasteiger partial charge in [-0.25, -0.2) is 4.98 Å². The van der Waals surface area contributed by atoms with Gasteiger partial charge < -0.3 is 14.2 Å². The van der Waals surface area contributed by atoms with Gasteiger partial charge in [-0.3, -0.25) is 4.79 Å². The molecule has 0 saturated heterocycles. The average Bonchev–Trinajstić information content (AvgIpc) is 3.05. The third-order valence-electron chi connectivity index (χ3n) is 6.16. The van der Waals surface area contributed by atoms with Crippen molar-refractivity contribution in [1.29, 1.82) is 0 Å². The van der Waals surface area contributed by atoms with Gasteiger partial charge in [0.2, 0.25) is 0 Å². The zero-order chi connectivity index (χ0) is 21.0. The van der Waals surface area contributed by atoms with Gasteiger partial charge in [-0.05, 0) is 48.2 Å². The van der Waals surface area contributed by atoms with E-state index < -0.39 is 0 Å². The third kappa shape index (κ3) is 2.84. The molecule has 1 amide bonds. The van der Waals surface area contributed by atoms with E-state index in [-0.39, 0.29) is 12.0 Å². The van der Waals surface area contributed by atoms with Crippen molar-refractivity contribution >= 4 is 27.7 Å². The van der Waals surface area contributed by atoms with Crippen molar-refractivity contribution in [3.63, 3.8) is 0 Å². The molecule has 5 heteroatoms.